The molecule has 3 rings (SSSR count). The molecule has 0 radical (unpaired) electrons. The zero-order valence-electron chi connectivity index (χ0n) is 15.4. The van der Waals surface area contributed by atoms with Crippen LogP contribution < -0.4 is 20.3 Å². The van der Waals surface area contributed by atoms with Crippen LogP contribution in [0.15, 0.2) is 63.1 Å². The molecule has 29 heavy (non-hydrogen) atoms. The number of pyridine rings is 1. The fourth-order valence-electron chi connectivity index (χ4n) is 2.52. The molecule has 0 amide bonds. The molecule has 0 bridgehead atoms. The SMILES string of the molecule is COc1cc(=O)n(C)c(Nc2ccc(S)cc2F)c1NS(=O)c1ccc(F)cc1. The Morgan fingerprint density at radius 3 is 2.41 bits per heavy atom. The van der Waals surface area contributed by atoms with Crippen molar-refractivity contribution in [2.75, 3.05) is 17.1 Å². The van der Waals surface area contributed by atoms with Gasteiger partial charge in [-0.25, -0.2) is 13.0 Å². The number of thiol groups is 1. The Hall–Kier alpha value is -2.85. The molecule has 0 aliphatic carbocycles. The lowest BCUT2D eigenvalue weighted by Gasteiger charge is -2.19. The molecule has 0 spiro atoms. The number of hydrogen-bond donors (Lipinski definition) is 3. The quantitative estimate of drug-likeness (QED) is 0.513. The first-order valence-corrected chi connectivity index (χ1v) is 9.87. The lowest BCUT2D eigenvalue weighted by molar-refractivity contribution is 0.415. The van der Waals surface area contributed by atoms with Crippen LogP contribution in [-0.2, 0) is 18.0 Å². The van der Waals surface area contributed by atoms with E-state index in [0.29, 0.717) is 9.79 Å². The first kappa shape index (κ1) is 20.9. The molecule has 152 valence electrons. The lowest BCUT2D eigenvalue weighted by atomic mass is 10.3. The molecule has 3 aromatic rings. The molecule has 10 heteroatoms. The summed E-state index contributed by atoms with van der Waals surface area (Å²) in [5.74, 6) is -0.804. The van der Waals surface area contributed by atoms with Gasteiger partial charge < -0.3 is 10.1 Å². The van der Waals surface area contributed by atoms with Gasteiger partial charge in [0.2, 0.25) is 0 Å². The summed E-state index contributed by atoms with van der Waals surface area (Å²) in [6, 6.07) is 10.6. The van der Waals surface area contributed by atoms with E-state index in [0.717, 1.165) is 0 Å². The number of rotatable bonds is 6. The maximum atomic E-state index is 14.3. The van der Waals surface area contributed by atoms with Gasteiger partial charge in [0.15, 0.2) is 5.75 Å². The van der Waals surface area contributed by atoms with Crippen LogP contribution in [-0.4, -0.2) is 15.9 Å². The van der Waals surface area contributed by atoms with Crippen molar-refractivity contribution in [3.63, 3.8) is 0 Å². The monoisotopic (exact) mass is 437 g/mol. The average Bonchev–Trinajstić information content (AvgIpc) is 2.69. The van der Waals surface area contributed by atoms with Crippen LogP contribution in [0.3, 0.4) is 0 Å². The summed E-state index contributed by atoms with van der Waals surface area (Å²) in [5.41, 5.74) is -0.165. The second-order valence-corrected chi connectivity index (χ2v) is 7.68. The number of hydrogen-bond acceptors (Lipinski definition) is 5. The molecule has 0 saturated carbocycles. The Kier molecular flexibility index (Phi) is 6.23. The molecule has 0 aliphatic heterocycles. The Balaban J connectivity index is 2.07. The maximum absolute atomic E-state index is 14.3. The number of ether oxygens (including phenoxy) is 1. The number of halogens is 2. The number of methoxy groups -OCH3 is 1. The standard InChI is InChI=1S/C19H17F2N3O3S2/c1-24-17(25)10-16(27-2)18(23-29(26)13-6-3-11(20)4-7-13)19(24)22-15-8-5-12(28)9-14(15)21/h3-10,22-23,28H,1-2H3. The van der Waals surface area contributed by atoms with Crippen LogP contribution in [0.4, 0.5) is 26.0 Å². The molecule has 1 aromatic heterocycles. The van der Waals surface area contributed by atoms with Crippen LogP contribution in [0.5, 0.6) is 5.75 Å². The van der Waals surface area contributed by atoms with Gasteiger partial charge in [0, 0.05) is 18.0 Å². The Morgan fingerprint density at radius 1 is 1.10 bits per heavy atom. The molecule has 1 unspecified atom stereocenters. The van der Waals surface area contributed by atoms with Crippen molar-refractivity contribution in [1.29, 1.82) is 0 Å². The van der Waals surface area contributed by atoms with E-state index in [1.54, 1.807) is 6.07 Å². The van der Waals surface area contributed by atoms with Gasteiger partial charge in [-0.15, -0.1) is 12.6 Å². The van der Waals surface area contributed by atoms with Crippen LogP contribution in [0.1, 0.15) is 0 Å². The van der Waals surface area contributed by atoms with Crippen LogP contribution in [0.2, 0.25) is 0 Å². The van der Waals surface area contributed by atoms with Gasteiger partial charge >= 0.3 is 0 Å². The smallest absolute Gasteiger partial charge is 0.255 e. The first-order valence-electron chi connectivity index (χ1n) is 8.27. The minimum absolute atomic E-state index is 0.0849. The van der Waals surface area contributed by atoms with E-state index in [2.05, 4.69) is 22.7 Å². The molecular formula is C19H17F2N3O3S2. The van der Waals surface area contributed by atoms with Crippen LogP contribution in [0, 0.1) is 11.6 Å². The summed E-state index contributed by atoms with van der Waals surface area (Å²) < 4.78 is 49.4. The first-order chi connectivity index (χ1) is 13.8. The largest absolute Gasteiger partial charge is 0.494 e. The van der Waals surface area contributed by atoms with Crippen molar-refractivity contribution in [3.05, 3.63) is 70.5 Å². The van der Waals surface area contributed by atoms with Gasteiger partial charge in [-0.2, -0.15) is 0 Å². The zero-order valence-corrected chi connectivity index (χ0v) is 17.1. The van der Waals surface area contributed by atoms with Crippen molar-refractivity contribution in [1.82, 2.24) is 4.57 Å². The number of benzene rings is 2. The number of nitrogens with one attached hydrogen (secondary N) is 2. The zero-order chi connectivity index (χ0) is 21.1. The van der Waals surface area contributed by atoms with Crippen molar-refractivity contribution in [2.45, 2.75) is 9.79 Å². The lowest BCUT2D eigenvalue weighted by Crippen LogP contribution is -2.22. The fourth-order valence-corrected chi connectivity index (χ4v) is 3.60. The van der Waals surface area contributed by atoms with Crippen LogP contribution in [0.25, 0.3) is 0 Å². The van der Waals surface area contributed by atoms with E-state index in [1.807, 2.05) is 0 Å². The summed E-state index contributed by atoms with van der Waals surface area (Å²) in [7, 11) is 1.02. The Labute approximate surface area is 173 Å². The molecule has 0 aliphatic rings. The highest BCUT2D eigenvalue weighted by atomic mass is 32.2. The van der Waals surface area contributed by atoms with Gasteiger partial charge in [-0.3, -0.25) is 14.1 Å². The van der Waals surface area contributed by atoms with E-state index < -0.39 is 28.2 Å². The van der Waals surface area contributed by atoms with Gasteiger partial charge in [-0.05, 0) is 42.5 Å². The molecule has 6 nitrogen and oxygen atoms in total. The molecule has 2 N–H and O–H groups in total. The molecule has 0 fully saturated rings. The van der Waals surface area contributed by atoms with E-state index in [9.17, 15) is 17.8 Å². The normalized spacial score (nSPS) is 11.8. The fraction of sp³-hybridized carbons (Fsp3) is 0.105. The topological polar surface area (TPSA) is 72.4 Å². The van der Waals surface area contributed by atoms with E-state index in [-0.39, 0.29) is 22.9 Å². The minimum Gasteiger partial charge on any atom is -0.494 e. The number of aromatic nitrogens is 1. The third-order valence-electron chi connectivity index (χ3n) is 4.05. The van der Waals surface area contributed by atoms with Crippen molar-refractivity contribution < 1.29 is 17.7 Å². The van der Waals surface area contributed by atoms with Crippen molar-refractivity contribution in [2.24, 2.45) is 7.05 Å². The molecule has 1 atom stereocenters. The van der Waals surface area contributed by atoms with E-state index in [1.165, 1.54) is 61.2 Å². The van der Waals surface area contributed by atoms with E-state index in [4.69, 9.17) is 4.74 Å². The Morgan fingerprint density at radius 2 is 1.79 bits per heavy atom. The predicted molar refractivity (Wildman–Crippen MR) is 112 cm³/mol. The second kappa shape index (κ2) is 8.66. The average molecular weight is 437 g/mol. The summed E-state index contributed by atoms with van der Waals surface area (Å²) in [6.07, 6.45) is 0. The van der Waals surface area contributed by atoms with Crippen molar-refractivity contribution >= 4 is 40.8 Å². The molecule has 2 aromatic carbocycles. The predicted octanol–water partition coefficient (Wildman–Crippen LogP) is 3.84. The molecule has 0 saturated heterocycles. The van der Waals surface area contributed by atoms with Gasteiger partial charge in [-0.1, -0.05) is 0 Å². The van der Waals surface area contributed by atoms with Gasteiger partial charge in [0.05, 0.1) is 17.7 Å². The van der Waals surface area contributed by atoms with Gasteiger partial charge in [0.1, 0.15) is 34.1 Å². The third-order valence-corrected chi connectivity index (χ3v) is 5.42. The molecule has 1 heterocycles. The third kappa shape index (κ3) is 4.60. The molecular weight excluding hydrogens is 420 g/mol. The van der Waals surface area contributed by atoms with Crippen LogP contribution >= 0.6 is 12.6 Å². The summed E-state index contributed by atoms with van der Waals surface area (Å²) in [4.78, 5) is 13.0. The Bertz CT molecular complexity index is 1130. The maximum Gasteiger partial charge on any atom is 0.255 e. The summed E-state index contributed by atoms with van der Waals surface area (Å²) in [5, 5.41) is 2.83. The highest BCUT2D eigenvalue weighted by Gasteiger charge is 2.19. The minimum atomic E-state index is -1.80. The number of anilines is 3. The number of nitrogens with zero attached hydrogens (tertiary/aromatic N) is 1. The summed E-state index contributed by atoms with van der Waals surface area (Å²) >= 11 is 4.09. The second-order valence-electron chi connectivity index (χ2n) is 5.95. The summed E-state index contributed by atoms with van der Waals surface area (Å²) in [6.45, 7) is 0. The van der Waals surface area contributed by atoms with Crippen molar-refractivity contribution in [3.8, 4) is 5.75 Å². The highest BCUT2D eigenvalue weighted by Crippen LogP contribution is 2.34. The van der Waals surface area contributed by atoms with Gasteiger partial charge in [0.25, 0.3) is 5.56 Å². The van der Waals surface area contributed by atoms with E-state index >= 15 is 0 Å². The highest BCUT2D eigenvalue weighted by molar-refractivity contribution is 7.86.